The second kappa shape index (κ2) is 3.04. The molecule has 0 radical (unpaired) electrons. The summed E-state index contributed by atoms with van der Waals surface area (Å²) in [6.07, 6.45) is 4.58. The summed E-state index contributed by atoms with van der Waals surface area (Å²) in [5, 5.41) is 0. The molecule has 2 aliphatic rings. The predicted octanol–water partition coefficient (Wildman–Crippen LogP) is 2.55. The van der Waals surface area contributed by atoms with E-state index in [1.807, 2.05) is 6.92 Å². The van der Waals surface area contributed by atoms with Gasteiger partial charge >= 0.3 is 5.97 Å². The van der Waals surface area contributed by atoms with E-state index in [1.54, 1.807) is 5.51 Å². The molecule has 3 rings (SSSR count). The third-order valence-corrected chi connectivity index (χ3v) is 4.20. The molecule has 1 aromatic rings. The number of aryl methyl sites for hydroxylation is 1. The van der Waals surface area contributed by atoms with Gasteiger partial charge in [-0.25, -0.2) is 9.78 Å². The molecule has 0 saturated heterocycles. The van der Waals surface area contributed by atoms with E-state index in [9.17, 15) is 4.79 Å². The minimum Gasteiger partial charge on any atom is -0.455 e. The lowest BCUT2D eigenvalue weighted by Gasteiger charge is -2.14. The van der Waals surface area contributed by atoms with Crippen LogP contribution in [0.3, 0.4) is 0 Å². The monoisotopic (exact) mass is 223 g/mol. The van der Waals surface area contributed by atoms with Crippen LogP contribution in [0.25, 0.3) is 0 Å². The molecule has 2 aliphatic carbocycles. The van der Waals surface area contributed by atoms with Crippen LogP contribution >= 0.6 is 11.3 Å². The zero-order valence-corrected chi connectivity index (χ0v) is 9.47. The Bertz CT molecular complexity index is 404. The molecule has 0 aliphatic heterocycles. The van der Waals surface area contributed by atoms with Gasteiger partial charge in [0.2, 0.25) is 0 Å². The molecule has 0 N–H and O–H groups in total. The summed E-state index contributed by atoms with van der Waals surface area (Å²) >= 11 is 1.37. The van der Waals surface area contributed by atoms with Crippen LogP contribution in [0.5, 0.6) is 0 Å². The lowest BCUT2D eigenvalue weighted by molar-refractivity contribution is 0.0165. The normalized spacial score (nSPS) is 22.5. The number of ether oxygens (including phenoxy) is 1. The Kier molecular flexibility index (Phi) is 1.89. The number of carbonyl (C=O) groups excluding carboxylic acids is 1. The second-order valence-electron chi connectivity index (χ2n) is 4.50. The molecule has 2 fully saturated rings. The van der Waals surface area contributed by atoms with Crippen molar-refractivity contribution in [1.82, 2.24) is 4.98 Å². The third-order valence-electron chi connectivity index (χ3n) is 3.29. The van der Waals surface area contributed by atoms with Crippen molar-refractivity contribution < 1.29 is 9.53 Å². The summed E-state index contributed by atoms with van der Waals surface area (Å²) in [5.74, 6) is 0.481. The lowest BCUT2D eigenvalue weighted by Crippen LogP contribution is -2.21. The molecule has 0 atom stereocenters. The second-order valence-corrected chi connectivity index (χ2v) is 5.35. The van der Waals surface area contributed by atoms with E-state index in [1.165, 1.54) is 24.2 Å². The lowest BCUT2D eigenvalue weighted by atomic mass is 10.2. The van der Waals surface area contributed by atoms with Crippen molar-refractivity contribution >= 4 is 17.3 Å². The molecule has 15 heavy (non-hydrogen) atoms. The van der Waals surface area contributed by atoms with Crippen LogP contribution in [-0.4, -0.2) is 16.6 Å². The maximum absolute atomic E-state index is 11.9. The van der Waals surface area contributed by atoms with E-state index in [-0.39, 0.29) is 11.6 Å². The van der Waals surface area contributed by atoms with Crippen molar-refractivity contribution in [2.24, 2.45) is 5.92 Å². The fourth-order valence-corrected chi connectivity index (χ4v) is 2.73. The first-order valence-corrected chi connectivity index (χ1v) is 6.23. The van der Waals surface area contributed by atoms with E-state index in [4.69, 9.17) is 4.74 Å². The van der Waals surface area contributed by atoms with Crippen molar-refractivity contribution in [3.63, 3.8) is 0 Å². The van der Waals surface area contributed by atoms with Gasteiger partial charge in [0.15, 0.2) is 0 Å². The van der Waals surface area contributed by atoms with E-state index in [0.717, 1.165) is 18.5 Å². The van der Waals surface area contributed by atoms with Crippen LogP contribution in [0.15, 0.2) is 5.51 Å². The zero-order valence-electron chi connectivity index (χ0n) is 8.66. The minimum atomic E-state index is -0.167. The largest absolute Gasteiger partial charge is 0.455 e. The molecule has 4 heteroatoms. The number of thiazole rings is 1. The molecule has 2 saturated carbocycles. The van der Waals surface area contributed by atoms with Crippen LogP contribution in [0.4, 0.5) is 0 Å². The summed E-state index contributed by atoms with van der Waals surface area (Å²) in [4.78, 5) is 16.6. The average molecular weight is 223 g/mol. The first-order chi connectivity index (χ1) is 7.21. The molecule has 3 nitrogen and oxygen atoms in total. The smallest absolute Gasteiger partial charge is 0.350 e. The molecule has 80 valence electrons. The Balaban J connectivity index is 1.73. The average Bonchev–Trinajstić information content (AvgIpc) is 3.06. The summed E-state index contributed by atoms with van der Waals surface area (Å²) in [6, 6.07) is 0. The van der Waals surface area contributed by atoms with Crippen LogP contribution in [0.1, 0.15) is 41.0 Å². The molecule has 0 amide bonds. The molecule has 0 unspecified atom stereocenters. The quantitative estimate of drug-likeness (QED) is 0.739. The third kappa shape index (κ3) is 1.57. The Morgan fingerprint density at radius 2 is 2.33 bits per heavy atom. The first-order valence-electron chi connectivity index (χ1n) is 5.35. The number of esters is 1. The van der Waals surface area contributed by atoms with Gasteiger partial charge in [-0.05, 0) is 38.5 Å². The van der Waals surface area contributed by atoms with Crippen LogP contribution < -0.4 is 0 Å². The predicted molar refractivity (Wildman–Crippen MR) is 57.0 cm³/mol. The van der Waals surface area contributed by atoms with Crippen molar-refractivity contribution in [2.75, 3.05) is 0 Å². The Morgan fingerprint density at radius 1 is 1.60 bits per heavy atom. The minimum absolute atomic E-state index is 0.0759. The number of nitrogens with zero attached hydrogens (tertiary/aromatic N) is 1. The van der Waals surface area contributed by atoms with Crippen molar-refractivity contribution in [3.8, 4) is 0 Å². The standard InChI is InChI=1S/C11H13NO2S/c1-7-9(15-6-12-7)10(13)14-11(4-5-11)8-2-3-8/h6,8H,2-5H2,1H3. The highest BCUT2D eigenvalue weighted by Gasteiger charge is 2.57. The molecule has 0 spiro atoms. The highest BCUT2D eigenvalue weighted by Crippen LogP contribution is 2.56. The first kappa shape index (κ1) is 9.33. The van der Waals surface area contributed by atoms with E-state index in [2.05, 4.69) is 4.98 Å². The van der Waals surface area contributed by atoms with Crippen molar-refractivity contribution in [3.05, 3.63) is 16.1 Å². The number of aromatic nitrogens is 1. The van der Waals surface area contributed by atoms with E-state index < -0.39 is 0 Å². The van der Waals surface area contributed by atoms with Gasteiger partial charge in [-0.3, -0.25) is 0 Å². The highest BCUT2D eigenvalue weighted by molar-refractivity contribution is 7.11. The molecule has 1 aromatic heterocycles. The Morgan fingerprint density at radius 3 is 2.80 bits per heavy atom. The van der Waals surface area contributed by atoms with Gasteiger partial charge in [-0.15, -0.1) is 11.3 Å². The zero-order chi connectivity index (χ0) is 10.5. The van der Waals surface area contributed by atoms with Crippen LogP contribution in [0.2, 0.25) is 0 Å². The van der Waals surface area contributed by atoms with E-state index in [0.29, 0.717) is 10.8 Å². The van der Waals surface area contributed by atoms with Gasteiger partial charge in [0.25, 0.3) is 0 Å². The highest BCUT2D eigenvalue weighted by atomic mass is 32.1. The van der Waals surface area contributed by atoms with Gasteiger partial charge in [-0.2, -0.15) is 0 Å². The SMILES string of the molecule is Cc1ncsc1C(=O)OC1(C2CC2)CC1. The fourth-order valence-electron chi connectivity index (χ4n) is 2.06. The number of rotatable bonds is 3. The van der Waals surface area contributed by atoms with E-state index >= 15 is 0 Å². The Hall–Kier alpha value is -0.900. The van der Waals surface area contributed by atoms with Gasteiger partial charge in [0.05, 0.1) is 11.2 Å². The van der Waals surface area contributed by atoms with Crippen LogP contribution in [0, 0.1) is 12.8 Å². The summed E-state index contributed by atoms with van der Waals surface area (Å²) in [7, 11) is 0. The van der Waals surface area contributed by atoms with Crippen molar-refractivity contribution in [2.45, 2.75) is 38.2 Å². The van der Waals surface area contributed by atoms with Gasteiger partial charge in [0.1, 0.15) is 10.5 Å². The molecule has 0 aromatic carbocycles. The number of hydrogen-bond donors (Lipinski definition) is 0. The van der Waals surface area contributed by atoms with Crippen LogP contribution in [-0.2, 0) is 4.74 Å². The fraction of sp³-hybridized carbons (Fsp3) is 0.636. The molecule has 0 bridgehead atoms. The topological polar surface area (TPSA) is 39.2 Å². The molecular weight excluding hydrogens is 210 g/mol. The summed E-state index contributed by atoms with van der Waals surface area (Å²) < 4.78 is 5.63. The Labute approximate surface area is 92.5 Å². The van der Waals surface area contributed by atoms with Gasteiger partial charge < -0.3 is 4.74 Å². The van der Waals surface area contributed by atoms with Crippen molar-refractivity contribution in [1.29, 1.82) is 0 Å². The van der Waals surface area contributed by atoms with Gasteiger partial charge in [-0.1, -0.05) is 0 Å². The molecule has 1 heterocycles. The summed E-state index contributed by atoms with van der Waals surface area (Å²) in [5.41, 5.74) is 2.41. The van der Waals surface area contributed by atoms with Gasteiger partial charge in [0, 0.05) is 0 Å². The maximum Gasteiger partial charge on any atom is 0.350 e. The maximum atomic E-state index is 11.9. The summed E-state index contributed by atoms with van der Waals surface area (Å²) in [6.45, 7) is 1.85. The molecular formula is C11H13NO2S. The number of hydrogen-bond acceptors (Lipinski definition) is 4. The number of carbonyl (C=O) groups is 1.